The Morgan fingerprint density at radius 1 is 0.913 bits per heavy atom. The van der Waals surface area contributed by atoms with Crippen molar-refractivity contribution in [3.05, 3.63) is 0 Å². The van der Waals surface area contributed by atoms with E-state index in [9.17, 15) is 38.7 Å². The van der Waals surface area contributed by atoms with Gasteiger partial charge in [-0.15, -0.1) is 0 Å². The van der Waals surface area contributed by atoms with Gasteiger partial charge in [0.1, 0.15) is 24.2 Å². The first-order chi connectivity index (χ1) is 21.8. The normalized spacial score (nSPS) is 20.6. The maximum Gasteiger partial charge on any atom is 0.245 e. The van der Waals surface area contributed by atoms with Gasteiger partial charge in [0, 0.05) is 25.6 Å². The van der Waals surface area contributed by atoms with Crippen molar-refractivity contribution >= 4 is 41.4 Å². The van der Waals surface area contributed by atoms with E-state index >= 15 is 0 Å². The van der Waals surface area contributed by atoms with Gasteiger partial charge < -0.3 is 42.3 Å². The molecule has 0 saturated carbocycles. The van der Waals surface area contributed by atoms with Crippen LogP contribution < -0.4 is 32.3 Å². The number of nitrogens with zero attached hydrogens (tertiary/aromatic N) is 1. The Morgan fingerprint density at radius 2 is 1.57 bits per heavy atom. The lowest BCUT2D eigenvalue weighted by molar-refractivity contribution is -0.140. The molecule has 2 saturated heterocycles. The Hall–Kier alpha value is -3.75. The van der Waals surface area contributed by atoms with Gasteiger partial charge in [-0.05, 0) is 40.0 Å². The van der Waals surface area contributed by atoms with Gasteiger partial charge in [-0.25, -0.2) is 0 Å². The fraction of sp³-hybridized carbons (Fsp3) is 0.774. The van der Waals surface area contributed by atoms with Crippen molar-refractivity contribution < 1.29 is 38.7 Å². The first kappa shape index (κ1) is 38.4. The van der Waals surface area contributed by atoms with Crippen molar-refractivity contribution in [3.8, 4) is 0 Å². The summed E-state index contributed by atoms with van der Waals surface area (Å²) in [6, 6.07) is -5.37. The molecule has 0 aliphatic carbocycles. The molecule has 7 atom stereocenters. The molecule has 46 heavy (non-hydrogen) atoms. The maximum absolute atomic E-state index is 13.2. The van der Waals surface area contributed by atoms with Crippen LogP contribution in [0.25, 0.3) is 0 Å². The molecule has 0 aromatic rings. The molecule has 15 nitrogen and oxygen atoms in total. The standard InChI is InChI=1S/C31H53N7O8/c1-5-6-7-8-9-10-11-14-25(41)38-15-12-13-23(38)30(45)37-26(20(4)39)31(46)35-19(3)27(42)36-22(16-24(32)40)29(44)34-18(2)21-17-33-28(21)43/h18-23,26,39H,5-17H2,1-4H3,(H2,32,40)(H,33,43)(H,34,44)(H,35,46)(H,36,42)(H,37,45)/t18-,19-,20+,21+,22-,23-,26-/m0/s1. The second-order valence-corrected chi connectivity index (χ2v) is 12.5. The minimum absolute atomic E-state index is 0.116. The minimum atomic E-state index is -1.43. The molecule has 2 rings (SSSR count). The monoisotopic (exact) mass is 651 g/mol. The average molecular weight is 652 g/mol. The number of nitrogens with two attached hydrogens (primary N) is 1. The molecule has 8 N–H and O–H groups in total. The van der Waals surface area contributed by atoms with Crippen LogP contribution in [0.5, 0.6) is 0 Å². The number of hydrogen-bond acceptors (Lipinski definition) is 8. The first-order valence-electron chi connectivity index (χ1n) is 16.5. The van der Waals surface area contributed by atoms with Crippen molar-refractivity contribution in [2.24, 2.45) is 11.7 Å². The predicted octanol–water partition coefficient (Wildman–Crippen LogP) is -0.901. The van der Waals surface area contributed by atoms with E-state index in [0.29, 0.717) is 32.4 Å². The van der Waals surface area contributed by atoms with Gasteiger partial charge in [-0.2, -0.15) is 0 Å². The molecule has 2 heterocycles. The molecule has 15 heteroatoms. The third-order valence-corrected chi connectivity index (χ3v) is 8.53. The first-order valence-corrected chi connectivity index (χ1v) is 16.5. The van der Waals surface area contributed by atoms with Gasteiger partial charge in [-0.1, -0.05) is 45.4 Å². The van der Waals surface area contributed by atoms with Crippen molar-refractivity contribution in [2.75, 3.05) is 13.1 Å². The highest BCUT2D eigenvalue weighted by atomic mass is 16.3. The number of aliphatic hydroxyl groups is 1. The Labute approximate surface area is 270 Å². The Bertz CT molecular complexity index is 1100. The number of primary amides is 1. The van der Waals surface area contributed by atoms with Crippen LogP contribution in [0.15, 0.2) is 0 Å². The number of carbonyl (C=O) groups excluding carboxylic acids is 7. The van der Waals surface area contributed by atoms with E-state index in [2.05, 4.69) is 33.5 Å². The van der Waals surface area contributed by atoms with E-state index in [1.807, 2.05) is 0 Å². The number of aliphatic hydroxyl groups excluding tert-OH is 1. The smallest absolute Gasteiger partial charge is 0.245 e. The molecule has 2 aliphatic rings. The quantitative estimate of drug-likeness (QED) is 0.0643. The van der Waals surface area contributed by atoms with Crippen molar-refractivity contribution in [3.63, 3.8) is 0 Å². The van der Waals surface area contributed by atoms with E-state index in [4.69, 9.17) is 5.73 Å². The van der Waals surface area contributed by atoms with E-state index in [0.717, 1.165) is 25.7 Å². The molecule has 0 unspecified atom stereocenters. The Balaban J connectivity index is 1.92. The lowest BCUT2D eigenvalue weighted by atomic mass is 9.94. The van der Waals surface area contributed by atoms with Crippen LogP contribution >= 0.6 is 0 Å². The number of unbranched alkanes of at least 4 members (excludes halogenated alkanes) is 6. The zero-order valence-corrected chi connectivity index (χ0v) is 27.6. The largest absolute Gasteiger partial charge is 0.391 e. The van der Waals surface area contributed by atoms with Crippen molar-refractivity contribution in [1.29, 1.82) is 0 Å². The molecule has 0 aromatic carbocycles. The molecular weight excluding hydrogens is 598 g/mol. The summed E-state index contributed by atoms with van der Waals surface area (Å²) in [7, 11) is 0. The van der Waals surface area contributed by atoms with E-state index in [1.165, 1.54) is 38.0 Å². The highest BCUT2D eigenvalue weighted by Gasteiger charge is 2.38. The lowest BCUT2D eigenvalue weighted by Gasteiger charge is -2.32. The number of nitrogens with one attached hydrogen (secondary N) is 5. The number of rotatable bonds is 20. The molecule has 0 bridgehead atoms. The summed E-state index contributed by atoms with van der Waals surface area (Å²) in [5.41, 5.74) is 5.27. The fourth-order valence-electron chi connectivity index (χ4n) is 5.58. The van der Waals surface area contributed by atoms with E-state index < -0.39 is 78.2 Å². The zero-order chi connectivity index (χ0) is 34.4. The third kappa shape index (κ3) is 11.9. The van der Waals surface area contributed by atoms with E-state index in [-0.39, 0.29) is 11.8 Å². The molecule has 0 aromatic heterocycles. The van der Waals surface area contributed by atoms with Gasteiger partial charge in [0.15, 0.2) is 0 Å². The summed E-state index contributed by atoms with van der Waals surface area (Å²) in [6.07, 6.45) is 7.01. The number of likely N-dealkylation sites (tertiary alicyclic amines) is 1. The van der Waals surface area contributed by atoms with Crippen LogP contribution in [0.3, 0.4) is 0 Å². The summed E-state index contributed by atoms with van der Waals surface area (Å²) >= 11 is 0. The molecule has 2 fully saturated rings. The highest BCUT2D eigenvalue weighted by Crippen LogP contribution is 2.20. The molecule has 2 aliphatic heterocycles. The van der Waals surface area contributed by atoms with E-state index in [1.54, 1.807) is 6.92 Å². The van der Waals surface area contributed by atoms with Crippen LogP contribution in [-0.2, 0) is 33.6 Å². The summed E-state index contributed by atoms with van der Waals surface area (Å²) in [5, 5.41) is 22.8. The summed E-state index contributed by atoms with van der Waals surface area (Å²) in [4.78, 5) is 89.6. The summed E-state index contributed by atoms with van der Waals surface area (Å²) < 4.78 is 0. The van der Waals surface area contributed by atoms with Gasteiger partial charge in [0.2, 0.25) is 41.4 Å². The fourth-order valence-corrected chi connectivity index (χ4v) is 5.58. The number of β-lactam (4-membered cyclic amide) rings is 1. The number of carbonyl (C=O) groups is 7. The highest BCUT2D eigenvalue weighted by molar-refractivity contribution is 5.97. The second-order valence-electron chi connectivity index (χ2n) is 12.5. The van der Waals surface area contributed by atoms with Crippen LogP contribution in [0, 0.1) is 5.92 Å². The predicted molar refractivity (Wildman–Crippen MR) is 168 cm³/mol. The average Bonchev–Trinajstić information content (AvgIpc) is 3.48. The second kappa shape index (κ2) is 19.0. The van der Waals surface area contributed by atoms with Gasteiger partial charge in [-0.3, -0.25) is 33.6 Å². The zero-order valence-electron chi connectivity index (χ0n) is 27.6. The Kier molecular flexibility index (Phi) is 15.9. The van der Waals surface area contributed by atoms with Crippen LogP contribution in [0.4, 0.5) is 0 Å². The molecule has 260 valence electrons. The van der Waals surface area contributed by atoms with Gasteiger partial charge >= 0.3 is 0 Å². The van der Waals surface area contributed by atoms with Crippen LogP contribution in [0.1, 0.15) is 98.3 Å². The topological polar surface area (TPSA) is 229 Å². The number of hydrogen-bond donors (Lipinski definition) is 7. The van der Waals surface area contributed by atoms with Crippen molar-refractivity contribution in [2.45, 2.75) is 135 Å². The van der Waals surface area contributed by atoms with Crippen molar-refractivity contribution in [1.82, 2.24) is 31.5 Å². The number of amides is 7. The lowest BCUT2D eigenvalue weighted by Crippen LogP contribution is -2.61. The molecule has 7 amide bonds. The maximum atomic E-state index is 13.2. The van der Waals surface area contributed by atoms with Crippen LogP contribution in [-0.4, -0.2) is 101 Å². The molecular formula is C31H53N7O8. The molecule has 0 spiro atoms. The third-order valence-electron chi connectivity index (χ3n) is 8.53. The summed E-state index contributed by atoms with van der Waals surface area (Å²) in [5.74, 6) is -4.62. The van der Waals surface area contributed by atoms with Gasteiger partial charge in [0.05, 0.1) is 18.4 Å². The SMILES string of the molecule is CCCCCCCCCC(=O)N1CCC[C@H]1C(=O)N[C@H](C(=O)N[C@@H](C)C(=O)N[C@@H](CC(N)=O)C(=O)N[C@@H](C)[C@H]1CNC1=O)[C@@H](C)O. The minimum Gasteiger partial charge on any atom is -0.391 e. The molecule has 0 radical (unpaired) electrons. The van der Waals surface area contributed by atoms with Crippen LogP contribution in [0.2, 0.25) is 0 Å². The summed E-state index contributed by atoms with van der Waals surface area (Å²) in [6.45, 7) is 7.23. The Morgan fingerprint density at radius 3 is 2.13 bits per heavy atom. The van der Waals surface area contributed by atoms with Gasteiger partial charge in [0.25, 0.3) is 0 Å².